The third-order valence-corrected chi connectivity index (χ3v) is 2.79. The molecule has 1 rings (SSSR count). The van der Waals surface area contributed by atoms with Crippen LogP contribution in [0.1, 0.15) is 27.2 Å². The second-order valence-electron chi connectivity index (χ2n) is 5.27. The van der Waals surface area contributed by atoms with Crippen LogP contribution in [0.15, 0.2) is 0 Å². The van der Waals surface area contributed by atoms with Gasteiger partial charge in [0.2, 0.25) is 0 Å². The lowest BCUT2D eigenvalue weighted by Gasteiger charge is -2.26. The first-order valence-corrected chi connectivity index (χ1v) is 5.46. The second kappa shape index (κ2) is 5.10. The van der Waals surface area contributed by atoms with Gasteiger partial charge >= 0.3 is 0 Å². The van der Waals surface area contributed by atoms with Crippen LogP contribution in [0.25, 0.3) is 0 Å². The standard InChI is InChI=1S/C11H23NO2/c1-11(2,3)10(13)7-12-6-9-4-5-14-8-9/h9-10,12-13H,4-8H2,1-3H3. The van der Waals surface area contributed by atoms with Crippen LogP contribution in [0.3, 0.4) is 0 Å². The lowest BCUT2D eigenvalue weighted by Crippen LogP contribution is -2.38. The number of hydrogen-bond acceptors (Lipinski definition) is 3. The van der Waals surface area contributed by atoms with Crippen LogP contribution in [0.2, 0.25) is 0 Å². The Balaban J connectivity index is 2.08. The summed E-state index contributed by atoms with van der Waals surface area (Å²) in [5, 5.41) is 13.1. The van der Waals surface area contributed by atoms with Crippen molar-refractivity contribution in [2.24, 2.45) is 11.3 Å². The van der Waals surface area contributed by atoms with Crippen molar-refractivity contribution in [1.82, 2.24) is 5.32 Å². The minimum Gasteiger partial charge on any atom is -0.391 e. The summed E-state index contributed by atoms with van der Waals surface area (Å²) < 4.78 is 5.28. The molecule has 0 aliphatic carbocycles. The van der Waals surface area contributed by atoms with E-state index in [0.29, 0.717) is 12.5 Å². The monoisotopic (exact) mass is 201 g/mol. The summed E-state index contributed by atoms with van der Waals surface area (Å²) >= 11 is 0. The SMILES string of the molecule is CC(C)(C)C(O)CNCC1CCOC1. The van der Waals surface area contributed by atoms with Crippen LogP contribution >= 0.6 is 0 Å². The molecule has 0 aromatic carbocycles. The molecule has 0 bridgehead atoms. The fourth-order valence-electron chi connectivity index (χ4n) is 1.47. The Hall–Kier alpha value is -0.120. The Labute approximate surface area is 86.8 Å². The number of ether oxygens (including phenoxy) is 1. The predicted octanol–water partition coefficient (Wildman–Crippen LogP) is 1.02. The highest BCUT2D eigenvalue weighted by Gasteiger charge is 2.22. The molecule has 1 aliphatic rings. The Morgan fingerprint density at radius 2 is 2.21 bits per heavy atom. The van der Waals surface area contributed by atoms with Crippen LogP contribution in [0.4, 0.5) is 0 Å². The molecule has 1 fully saturated rings. The fraction of sp³-hybridized carbons (Fsp3) is 1.00. The number of rotatable bonds is 4. The Morgan fingerprint density at radius 3 is 2.71 bits per heavy atom. The molecule has 1 aliphatic heterocycles. The van der Waals surface area contributed by atoms with Crippen molar-refractivity contribution in [1.29, 1.82) is 0 Å². The molecule has 1 heterocycles. The second-order valence-corrected chi connectivity index (χ2v) is 5.27. The normalized spacial score (nSPS) is 25.3. The first-order valence-electron chi connectivity index (χ1n) is 5.46. The van der Waals surface area contributed by atoms with Crippen molar-refractivity contribution in [2.75, 3.05) is 26.3 Å². The minimum atomic E-state index is -0.273. The molecule has 0 saturated carbocycles. The van der Waals surface area contributed by atoms with Gasteiger partial charge in [0, 0.05) is 19.7 Å². The van der Waals surface area contributed by atoms with Gasteiger partial charge in [0.05, 0.1) is 12.7 Å². The zero-order valence-electron chi connectivity index (χ0n) is 9.55. The average Bonchev–Trinajstić information content (AvgIpc) is 2.55. The van der Waals surface area contributed by atoms with Crippen molar-refractivity contribution in [3.05, 3.63) is 0 Å². The summed E-state index contributed by atoms with van der Waals surface area (Å²) in [4.78, 5) is 0. The van der Waals surface area contributed by atoms with E-state index in [1.807, 2.05) is 0 Å². The summed E-state index contributed by atoms with van der Waals surface area (Å²) in [6.07, 6.45) is 0.878. The van der Waals surface area contributed by atoms with Gasteiger partial charge in [0.15, 0.2) is 0 Å². The van der Waals surface area contributed by atoms with Gasteiger partial charge in [-0.05, 0) is 17.8 Å². The Kier molecular flexibility index (Phi) is 4.35. The zero-order valence-corrected chi connectivity index (χ0v) is 9.55. The molecule has 3 heteroatoms. The molecule has 3 nitrogen and oxygen atoms in total. The molecule has 2 atom stereocenters. The quantitative estimate of drug-likeness (QED) is 0.713. The third kappa shape index (κ3) is 3.95. The van der Waals surface area contributed by atoms with Crippen molar-refractivity contribution in [3.8, 4) is 0 Å². The lowest BCUT2D eigenvalue weighted by atomic mass is 9.89. The predicted molar refractivity (Wildman–Crippen MR) is 57.3 cm³/mol. The van der Waals surface area contributed by atoms with E-state index in [1.165, 1.54) is 0 Å². The highest BCUT2D eigenvalue weighted by molar-refractivity contribution is 4.76. The van der Waals surface area contributed by atoms with E-state index in [-0.39, 0.29) is 11.5 Å². The van der Waals surface area contributed by atoms with Gasteiger partial charge in [-0.3, -0.25) is 0 Å². The van der Waals surface area contributed by atoms with E-state index in [9.17, 15) is 5.11 Å². The highest BCUT2D eigenvalue weighted by atomic mass is 16.5. The Bertz CT molecular complexity index is 159. The summed E-state index contributed by atoms with van der Waals surface area (Å²) in [6.45, 7) is 9.58. The minimum absolute atomic E-state index is 0.0286. The van der Waals surface area contributed by atoms with Crippen molar-refractivity contribution >= 4 is 0 Å². The first-order chi connectivity index (χ1) is 6.50. The Morgan fingerprint density at radius 1 is 1.50 bits per heavy atom. The average molecular weight is 201 g/mol. The fourth-order valence-corrected chi connectivity index (χ4v) is 1.47. The van der Waals surface area contributed by atoms with Gasteiger partial charge in [-0.15, -0.1) is 0 Å². The summed E-state index contributed by atoms with van der Waals surface area (Å²) in [7, 11) is 0. The molecule has 0 spiro atoms. The maximum absolute atomic E-state index is 9.77. The van der Waals surface area contributed by atoms with Crippen LogP contribution in [0.5, 0.6) is 0 Å². The van der Waals surface area contributed by atoms with E-state index < -0.39 is 0 Å². The number of nitrogens with one attached hydrogen (secondary N) is 1. The van der Waals surface area contributed by atoms with Gasteiger partial charge in [0.25, 0.3) is 0 Å². The lowest BCUT2D eigenvalue weighted by molar-refractivity contribution is 0.0620. The summed E-state index contributed by atoms with van der Waals surface area (Å²) in [5.74, 6) is 0.641. The van der Waals surface area contributed by atoms with Crippen LogP contribution in [-0.4, -0.2) is 37.5 Å². The topological polar surface area (TPSA) is 41.5 Å². The van der Waals surface area contributed by atoms with Gasteiger partial charge in [-0.1, -0.05) is 20.8 Å². The van der Waals surface area contributed by atoms with Gasteiger partial charge in [0.1, 0.15) is 0 Å². The van der Waals surface area contributed by atoms with E-state index in [4.69, 9.17) is 4.74 Å². The molecule has 1 saturated heterocycles. The van der Waals surface area contributed by atoms with Crippen LogP contribution in [-0.2, 0) is 4.74 Å². The first kappa shape index (κ1) is 12.0. The van der Waals surface area contributed by atoms with Gasteiger partial charge in [-0.25, -0.2) is 0 Å². The molecule has 14 heavy (non-hydrogen) atoms. The highest BCUT2D eigenvalue weighted by Crippen LogP contribution is 2.18. The van der Waals surface area contributed by atoms with E-state index in [1.54, 1.807) is 0 Å². The van der Waals surface area contributed by atoms with Crippen molar-refractivity contribution in [3.63, 3.8) is 0 Å². The van der Waals surface area contributed by atoms with Crippen LogP contribution < -0.4 is 5.32 Å². The van der Waals surface area contributed by atoms with E-state index in [0.717, 1.165) is 26.2 Å². The van der Waals surface area contributed by atoms with Gasteiger partial charge < -0.3 is 15.2 Å². The molecular formula is C11H23NO2. The van der Waals surface area contributed by atoms with Gasteiger partial charge in [-0.2, -0.15) is 0 Å². The number of aliphatic hydroxyl groups excluding tert-OH is 1. The third-order valence-electron chi connectivity index (χ3n) is 2.79. The van der Waals surface area contributed by atoms with E-state index >= 15 is 0 Å². The number of hydrogen-bond donors (Lipinski definition) is 2. The smallest absolute Gasteiger partial charge is 0.0712 e. The summed E-state index contributed by atoms with van der Waals surface area (Å²) in [6, 6.07) is 0. The number of aliphatic hydroxyl groups is 1. The summed E-state index contributed by atoms with van der Waals surface area (Å²) in [5.41, 5.74) is -0.0286. The maximum atomic E-state index is 9.77. The largest absolute Gasteiger partial charge is 0.391 e. The molecule has 2 N–H and O–H groups in total. The van der Waals surface area contributed by atoms with E-state index in [2.05, 4.69) is 26.1 Å². The molecule has 0 aromatic rings. The molecule has 2 unspecified atom stereocenters. The molecule has 0 amide bonds. The molecule has 84 valence electrons. The van der Waals surface area contributed by atoms with Crippen LogP contribution in [0, 0.1) is 11.3 Å². The molecular weight excluding hydrogens is 178 g/mol. The molecule has 0 aromatic heterocycles. The van der Waals surface area contributed by atoms with Crippen molar-refractivity contribution < 1.29 is 9.84 Å². The molecule has 0 radical (unpaired) electrons. The maximum Gasteiger partial charge on any atom is 0.0712 e. The zero-order chi connectivity index (χ0) is 10.6. The van der Waals surface area contributed by atoms with Crippen molar-refractivity contribution in [2.45, 2.75) is 33.3 Å².